The summed E-state index contributed by atoms with van der Waals surface area (Å²) in [5, 5.41) is 0. The maximum atomic E-state index is 6.02. The molecule has 0 N–H and O–H groups in total. The van der Waals surface area contributed by atoms with Crippen molar-refractivity contribution in [2.75, 3.05) is 0 Å². The van der Waals surface area contributed by atoms with Crippen molar-refractivity contribution in [1.82, 2.24) is 0 Å². The second-order valence-electron chi connectivity index (χ2n) is 4.80. The third kappa shape index (κ3) is 6.62. The van der Waals surface area contributed by atoms with Crippen molar-refractivity contribution in [2.24, 2.45) is 0 Å². The zero-order valence-corrected chi connectivity index (χ0v) is 10.1. The molecule has 0 aliphatic heterocycles. The molecule has 0 unspecified atom stereocenters. The van der Waals surface area contributed by atoms with E-state index in [2.05, 4.69) is 40.4 Å². The molecule has 0 amide bonds. The second-order valence-corrected chi connectivity index (χ2v) is 9.02. The Morgan fingerprint density at radius 1 is 1.33 bits per heavy atom. The van der Waals surface area contributed by atoms with Gasteiger partial charge in [-0.1, -0.05) is 6.08 Å². The van der Waals surface area contributed by atoms with Gasteiger partial charge in [-0.3, -0.25) is 0 Å². The van der Waals surface area contributed by atoms with E-state index < -0.39 is 8.32 Å². The van der Waals surface area contributed by atoms with Crippen LogP contribution < -0.4 is 0 Å². The Labute approximate surface area is 78.0 Å². The second kappa shape index (κ2) is 4.24. The first-order valence-corrected chi connectivity index (χ1v) is 7.69. The molecule has 1 nitrogen and oxygen atoms in total. The number of allylic oxidation sites excluding steroid dienone is 1. The Balaban J connectivity index is 3.94. The normalized spacial score (nSPS) is 13.1. The van der Waals surface area contributed by atoms with Gasteiger partial charge in [0.25, 0.3) is 0 Å². The molecular weight excluding hydrogens is 164 g/mol. The molecule has 0 atom stereocenters. The maximum absolute atomic E-state index is 6.02. The molecular formula is C10H22OSi. The largest absolute Gasteiger partial charge is 0.413 e. The molecule has 0 rings (SSSR count). The van der Waals surface area contributed by atoms with E-state index in [0.717, 1.165) is 6.42 Å². The first kappa shape index (κ1) is 11.9. The fourth-order valence-electron chi connectivity index (χ4n) is 1.33. The average molecular weight is 186 g/mol. The van der Waals surface area contributed by atoms with Crippen LogP contribution in [0.15, 0.2) is 12.7 Å². The minimum Gasteiger partial charge on any atom is -0.413 e. The third-order valence-electron chi connectivity index (χ3n) is 1.53. The van der Waals surface area contributed by atoms with Crippen LogP contribution in [0.2, 0.25) is 19.1 Å². The van der Waals surface area contributed by atoms with E-state index in [-0.39, 0.29) is 5.60 Å². The summed E-state index contributed by atoms with van der Waals surface area (Å²) in [6.45, 7) is 14.6. The highest BCUT2D eigenvalue weighted by molar-refractivity contribution is 6.71. The molecule has 0 aromatic heterocycles. The monoisotopic (exact) mass is 186 g/mol. The summed E-state index contributed by atoms with van der Waals surface area (Å²) in [6.07, 6.45) is 3.05. The van der Waals surface area contributed by atoms with Crippen molar-refractivity contribution < 1.29 is 4.43 Å². The summed E-state index contributed by atoms with van der Waals surface area (Å²) >= 11 is 0. The van der Waals surface area contributed by atoms with Gasteiger partial charge in [0.05, 0.1) is 0 Å². The maximum Gasteiger partial charge on any atom is 0.187 e. The van der Waals surface area contributed by atoms with Crippen molar-refractivity contribution in [3.63, 3.8) is 0 Å². The van der Waals surface area contributed by atoms with Crippen LogP contribution in [0.5, 0.6) is 0 Å². The van der Waals surface area contributed by atoms with Crippen LogP contribution in [0.25, 0.3) is 0 Å². The summed E-state index contributed by atoms with van der Waals surface area (Å²) in [6, 6.07) is 1.17. The smallest absolute Gasteiger partial charge is 0.187 e. The van der Waals surface area contributed by atoms with E-state index in [0.29, 0.717) is 0 Å². The molecule has 0 heterocycles. The molecule has 0 bridgehead atoms. The lowest BCUT2D eigenvalue weighted by Crippen LogP contribution is -2.38. The highest BCUT2D eigenvalue weighted by Gasteiger charge is 2.27. The molecule has 0 spiro atoms. The van der Waals surface area contributed by atoms with E-state index in [9.17, 15) is 0 Å². The van der Waals surface area contributed by atoms with Crippen LogP contribution in [0.4, 0.5) is 0 Å². The van der Waals surface area contributed by atoms with E-state index in [1.54, 1.807) is 0 Å². The van der Waals surface area contributed by atoms with Crippen LogP contribution >= 0.6 is 0 Å². The Bertz CT molecular complexity index is 144. The van der Waals surface area contributed by atoms with E-state index in [1.165, 1.54) is 6.04 Å². The predicted molar refractivity (Wildman–Crippen MR) is 57.9 cm³/mol. The van der Waals surface area contributed by atoms with Crippen LogP contribution in [-0.2, 0) is 4.43 Å². The lowest BCUT2D eigenvalue weighted by atomic mass is 10.2. The van der Waals surface area contributed by atoms with Crippen LogP contribution in [0.3, 0.4) is 0 Å². The minimum absolute atomic E-state index is 0.0108. The van der Waals surface area contributed by atoms with Gasteiger partial charge >= 0.3 is 0 Å². The molecule has 0 aromatic rings. The third-order valence-corrected chi connectivity index (χ3v) is 4.19. The first-order chi connectivity index (χ1) is 5.27. The van der Waals surface area contributed by atoms with Gasteiger partial charge in [-0.05, 0) is 46.3 Å². The Morgan fingerprint density at radius 2 is 1.83 bits per heavy atom. The van der Waals surface area contributed by atoms with Gasteiger partial charge in [-0.25, -0.2) is 0 Å². The van der Waals surface area contributed by atoms with Crippen molar-refractivity contribution >= 4 is 8.32 Å². The molecule has 0 saturated carbocycles. The zero-order chi connectivity index (χ0) is 9.83. The quantitative estimate of drug-likeness (QED) is 0.481. The van der Waals surface area contributed by atoms with Gasteiger partial charge in [-0.2, -0.15) is 0 Å². The fraction of sp³-hybridized carbons (Fsp3) is 0.800. The van der Waals surface area contributed by atoms with E-state index >= 15 is 0 Å². The summed E-state index contributed by atoms with van der Waals surface area (Å²) in [4.78, 5) is 0. The summed E-state index contributed by atoms with van der Waals surface area (Å²) in [5.41, 5.74) is 0.0108. The zero-order valence-electron chi connectivity index (χ0n) is 9.11. The summed E-state index contributed by atoms with van der Waals surface area (Å²) in [5.74, 6) is 0. The molecule has 72 valence electrons. The van der Waals surface area contributed by atoms with Gasteiger partial charge in [0.2, 0.25) is 0 Å². The molecule has 12 heavy (non-hydrogen) atoms. The minimum atomic E-state index is -1.43. The average Bonchev–Trinajstić information content (AvgIpc) is 1.78. The molecule has 0 fully saturated rings. The number of rotatable bonds is 4. The number of hydrogen-bond acceptors (Lipinski definition) is 1. The van der Waals surface area contributed by atoms with Gasteiger partial charge in [0, 0.05) is 5.60 Å². The SMILES string of the molecule is C=CCC[Si](C)(C)OC(C)(C)C. The van der Waals surface area contributed by atoms with Crippen molar-refractivity contribution in [1.29, 1.82) is 0 Å². The molecule has 0 aliphatic carbocycles. The number of hydrogen-bond donors (Lipinski definition) is 0. The van der Waals surface area contributed by atoms with Crippen LogP contribution in [-0.4, -0.2) is 13.9 Å². The highest BCUT2D eigenvalue weighted by atomic mass is 28.4. The lowest BCUT2D eigenvalue weighted by Gasteiger charge is -2.32. The Hall–Kier alpha value is -0.0831. The lowest BCUT2D eigenvalue weighted by molar-refractivity contribution is 0.120. The van der Waals surface area contributed by atoms with Crippen LogP contribution in [0, 0.1) is 0 Å². The first-order valence-electron chi connectivity index (χ1n) is 4.58. The van der Waals surface area contributed by atoms with Crippen molar-refractivity contribution in [3.8, 4) is 0 Å². The summed E-state index contributed by atoms with van der Waals surface area (Å²) in [7, 11) is -1.43. The van der Waals surface area contributed by atoms with Gasteiger partial charge in [0.15, 0.2) is 8.32 Å². The molecule has 0 radical (unpaired) electrons. The van der Waals surface area contributed by atoms with Crippen molar-refractivity contribution in [3.05, 3.63) is 12.7 Å². The molecule has 0 saturated heterocycles. The standard InChI is InChI=1S/C10H22OSi/c1-7-8-9-12(5,6)11-10(2,3)4/h7H,1,8-9H2,2-6H3. The van der Waals surface area contributed by atoms with Crippen molar-refractivity contribution in [2.45, 2.75) is 51.9 Å². The van der Waals surface area contributed by atoms with E-state index in [4.69, 9.17) is 4.43 Å². The fourth-order valence-corrected chi connectivity index (χ4v) is 3.99. The topological polar surface area (TPSA) is 9.23 Å². The van der Waals surface area contributed by atoms with Crippen LogP contribution in [0.1, 0.15) is 27.2 Å². The van der Waals surface area contributed by atoms with E-state index in [1.807, 2.05) is 6.08 Å². The molecule has 0 aromatic carbocycles. The van der Waals surface area contributed by atoms with Gasteiger partial charge < -0.3 is 4.43 Å². The Kier molecular flexibility index (Phi) is 4.21. The highest BCUT2D eigenvalue weighted by Crippen LogP contribution is 2.21. The van der Waals surface area contributed by atoms with Gasteiger partial charge in [-0.15, -0.1) is 6.58 Å². The predicted octanol–water partition coefficient (Wildman–Crippen LogP) is 3.58. The summed E-state index contributed by atoms with van der Waals surface area (Å²) < 4.78 is 6.02. The molecule has 2 heteroatoms. The Morgan fingerprint density at radius 3 is 2.17 bits per heavy atom. The molecule has 0 aliphatic rings. The van der Waals surface area contributed by atoms with Gasteiger partial charge in [0.1, 0.15) is 0 Å².